The highest BCUT2D eigenvalue weighted by Gasteiger charge is 2.26. The highest BCUT2D eigenvalue weighted by atomic mass is 16.5. The molecule has 2 fully saturated rings. The monoisotopic (exact) mass is 349 g/mol. The molecule has 1 aromatic heterocycles. The number of urea groups is 1. The van der Waals surface area contributed by atoms with Crippen molar-refractivity contribution in [1.29, 1.82) is 0 Å². The van der Waals surface area contributed by atoms with Gasteiger partial charge in [0.15, 0.2) is 0 Å². The summed E-state index contributed by atoms with van der Waals surface area (Å²) < 4.78 is 7.94. The van der Waals surface area contributed by atoms with Crippen molar-refractivity contribution in [3.8, 4) is 0 Å². The molecule has 1 saturated carbocycles. The van der Waals surface area contributed by atoms with Crippen LogP contribution in [0.3, 0.4) is 0 Å². The highest BCUT2D eigenvalue weighted by molar-refractivity contribution is 5.74. The van der Waals surface area contributed by atoms with Gasteiger partial charge in [0.2, 0.25) is 0 Å². The second-order valence-corrected chi connectivity index (χ2v) is 7.46. The topological polar surface area (TPSA) is 72.3 Å². The van der Waals surface area contributed by atoms with Crippen molar-refractivity contribution in [2.24, 2.45) is 13.0 Å². The fraction of sp³-hybridized carbons (Fsp3) is 0.833. The number of aromatic nitrogens is 3. The van der Waals surface area contributed by atoms with Gasteiger partial charge in [-0.2, -0.15) is 0 Å². The van der Waals surface area contributed by atoms with Crippen molar-refractivity contribution in [2.45, 2.75) is 57.5 Å². The highest BCUT2D eigenvalue weighted by Crippen LogP contribution is 2.27. The maximum atomic E-state index is 12.3. The lowest BCUT2D eigenvalue weighted by Gasteiger charge is -2.32. The average Bonchev–Trinajstić information content (AvgIpc) is 3.06. The van der Waals surface area contributed by atoms with E-state index in [1.807, 2.05) is 16.5 Å². The van der Waals surface area contributed by atoms with Gasteiger partial charge < -0.3 is 19.5 Å². The molecular formula is C18H31N5O2. The van der Waals surface area contributed by atoms with Crippen molar-refractivity contribution >= 4 is 6.03 Å². The summed E-state index contributed by atoms with van der Waals surface area (Å²) in [5.41, 5.74) is 0. The van der Waals surface area contributed by atoms with Crippen LogP contribution in [0.1, 0.15) is 57.2 Å². The first-order chi connectivity index (χ1) is 12.1. The Hall–Kier alpha value is -1.63. The van der Waals surface area contributed by atoms with Crippen LogP contribution >= 0.6 is 0 Å². The molecule has 0 unspecified atom stereocenters. The fourth-order valence-corrected chi connectivity index (χ4v) is 4.01. The van der Waals surface area contributed by atoms with Crippen molar-refractivity contribution in [1.82, 2.24) is 25.0 Å². The van der Waals surface area contributed by atoms with Gasteiger partial charge in [-0.1, -0.05) is 19.8 Å². The number of hydrogen-bond donors (Lipinski definition) is 1. The molecule has 1 aliphatic carbocycles. The predicted octanol–water partition coefficient (Wildman–Crippen LogP) is 2.30. The van der Waals surface area contributed by atoms with Gasteiger partial charge in [0.25, 0.3) is 0 Å². The molecular weight excluding hydrogens is 318 g/mol. The van der Waals surface area contributed by atoms with E-state index < -0.39 is 0 Å². The van der Waals surface area contributed by atoms with Gasteiger partial charge in [-0.05, 0) is 31.6 Å². The summed E-state index contributed by atoms with van der Waals surface area (Å²) in [7, 11) is 1.97. The van der Waals surface area contributed by atoms with Gasteiger partial charge in [0, 0.05) is 32.6 Å². The second-order valence-electron chi connectivity index (χ2n) is 7.46. The summed E-state index contributed by atoms with van der Waals surface area (Å²) in [6.45, 7) is 5.00. The number of nitrogens with one attached hydrogen (secondary N) is 1. The number of likely N-dealkylation sites (tertiary alicyclic amines) is 1. The molecule has 0 radical (unpaired) electrons. The molecule has 0 aromatic carbocycles. The van der Waals surface area contributed by atoms with Crippen LogP contribution in [0.25, 0.3) is 0 Å². The Morgan fingerprint density at radius 2 is 2.04 bits per heavy atom. The van der Waals surface area contributed by atoms with Crippen LogP contribution < -0.4 is 5.32 Å². The number of piperidine rings is 1. The SMILES string of the molecule is C[C@@H]1CCCC[C@@H]1OCCNC(=O)N1CCC(c2nncn2C)CC1. The zero-order valence-electron chi connectivity index (χ0n) is 15.5. The van der Waals surface area contributed by atoms with Crippen LogP contribution in [0.4, 0.5) is 4.79 Å². The number of carbonyl (C=O) groups excluding carboxylic acids is 1. The number of nitrogens with zero attached hydrogens (tertiary/aromatic N) is 4. The quantitative estimate of drug-likeness (QED) is 0.828. The number of rotatable bonds is 5. The number of aryl methyl sites for hydroxylation is 1. The second kappa shape index (κ2) is 8.65. The summed E-state index contributed by atoms with van der Waals surface area (Å²) >= 11 is 0. The summed E-state index contributed by atoms with van der Waals surface area (Å²) in [6.07, 6.45) is 8.99. The number of hydrogen-bond acceptors (Lipinski definition) is 4. The van der Waals surface area contributed by atoms with Crippen molar-refractivity contribution in [3.63, 3.8) is 0 Å². The molecule has 1 N–H and O–H groups in total. The molecule has 1 aromatic rings. The normalized spacial score (nSPS) is 25.1. The zero-order valence-corrected chi connectivity index (χ0v) is 15.5. The molecule has 2 aliphatic rings. The van der Waals surface area contributed by atoms with E-state index in [1.165, 1.54) is 19.3 Å². The van der Waals surface area contributed by atoms with Crippen LogP contribution in [0, 0.1) is 5.92 Å². The molecule has 7 nitrogen and oxygen atoms in total. The maximum Gasteiger partial charge on any atom is 0.317 e. The Bertz CT molecular complexity index is 553. The first kappa shape index (κ1) is 18.2. The van der Waals surface area contributed by atoms with Crippen molar-refractivity contribution < 1.29 is 9.53 Å². The lowest BCUT2D eigenvalue weighted by atomic mass is 9.88. The molecule has 7 heteroatoms. The van der Waals surface area contributed by atoms with E-state index in [0.717, 1.165) is 38.2 Å². The van der Waals surface area contributed by atoms with Gasteiger partial charge in [-0.15, -0.1) is 10.2 Å². The number of carbonyl (C=O) groups is 1. The fourth-order valence-electron chi connectivity index (χ4n) is 4.01. The third kappa shape index (κ3) is 4.71. The Labute approximate surface area is 150 Å². The molecule has 3 rings (SSSR count). The Morgan fingerprint density at radius 1 is 1.28 bits per heavy atom. The molecule has 0 bridgehead atoms. The van der Waals surface area contributed by atoms with Crippen LogP contribution in [0.2, 0.25) is 0 Å². The van der Waals surface area contributed by atoms with Crippen LogP contribution in [0.5, 0.6) is 0 Å². The van der Waals surface area contributed by atoms with E-state index in [4.69, 9.17) is 4.74 Å². The van der Waals surface area contributed by atoms with Crippen molar-refractivity contribution in [2.75, 3.05) is 26.2 Å². The maximum absolute atomic E-state index is 12.3. The first-order valence-electron chi connectivity index (χ1n) is 9.63. The molecule has 2 atom stereocenters. The zero-order chi connectivity index (χ0) is 17.6. The Morgan fingerprint density at radius 3 is 2.72 bits per heavy atom. The largest absolute Gasteiger partial charge is 0.376 e. The van der Waals surface area contributed by atoms with Gasteiger partial charge in [-0.3, -0.25) is 0 Å². The molecule has 2 heterocycles. The molecule has 1 saturated heterocycles. The third-order valence-electron chi connectivity index (χ3n) is 5.64. The van der Waals surface area contributed by atoms with E-state index in [1.54, 1.807) is 6.33 Å². The van der Waals surface area contributed by atoms with E-state index in [9.17, 15) is 4.79 Å². The lowest BCUT2D eigenvalue weighted by molar-refractivity contribution is -0.00277. The van der Waals surface area contributed by atoms with Gasteiger partial charge in [0.05, 0.1) is 12.7 Å². The van der Waals surface area contributed by atoms with E-state index in [0.29, 0.717) is 31.1 Å². The molecule has 25 heavy (non-hydrogen) atoms. The summed E-state index contributed by atoms with van der Waals surface area (Å²) in [6, 6.07) is 0.0247. The van der Waals surface area contributed by atoms with Crippen LogP contribution in [-0.2, 0) is 11.8 Å². The Kier molecular flexibility index (Phi) is 6.29. The van der Waals surface area contributed by atoms with E-state index in [-0.39, 0.29) is 6.03 Å². The van der Waals surface area contributed by atoms with Crippen molar-refractivity contribution in [3.05, 3.63) is 12.2 Å². The lowest BCUT2D eigenvalue weighted by Crippen LogP contribution is -2.45. The molecule has 2 amide bonds. The Balaban J connectivity index is 1.33. The standard InChI is InChI=1S/C18H31N5O2/c1-14-5-3-4-6-16(14)25-12-9-19-18(24)23-10-7-15(8-11-23)17-21-20-13-22(17)2/h13-16H,3-12H2,1-2H3,(H,19,24)/t14-,16+/m1/s1. The van der Waals surface area contributed by atoms with E-state index in [2.05, 4.69) is 22.4 Å². The number of ether oxygens (including phenoxy) is 1. The van der Waals surface area contributed by atoms with Gasteiger partial charge in [-0.25, -0.2) is 4.79 Å². The summed E-state index contributed by atoms with van der Waals surface area (Å²) in [5.74, 6) is 2.06. The average molecular weight is 349 g/mol. The minimum absolute atomic E-state index is 0.0247. The molecule has 140 valence electrons. The third-order valence-corrected chi connectivity index (χ3v) is 5.64. The number of amides is 2. The predicted molar refractivity (Wildman–Crippen MR) is 95.3 cm³/mol. The smallest absolute Gasteiger partial charge is 0.317 e. The van der Waals surface area contributed by atoms with Crippen LogP contribution in [0.15, 0.2) is 6.33 Å². The summed E-state index contributed by atoms with van der Waals surface area (Å²) in [4.78, 5) is 14.2. The minimum atomic E-state index is 0.0247. The summed E-state index contributed by atoms with van der Waals surface area (Å²) in [5, 5.41) is 11.1. The van der Waals surface area contributed by atoms with E-state index >= 15 is 0 Å². The minimum Gasteiger partial charge on any atom is -0.376 e. The van der Waals surface area contributed by atoms with Crippen LogP contribution in [-0.4, -0.2) is 58.0 Å². The van der Waals surface area contributed by atoms with Gasteiger partial charge >= 0.3 is 6.03 Å². The van der Waals surface area contributed by atoms with Gasteiger partial charge in [0.1, 0.15) is 12.2 Å². The molecule has 0 spiro atoms. The first-order valence-corrected chi connectivity index (χ1v) is 9.63. The molecule has 1 aliphatic heterocycles.